The zero-order valence-corrected chi connectivity index (χ0v) is 68.0. The van der Waals surface area contributed by atoms with Gasteiger partial charge in [0.2, 0.25) is 0 Å². The third-order valence-electron chi connectivity index (χ3n) is 15.4. The van der Waals surface area contributed by atoms with Crippen LogP contribution in [0, 0.1) is 0 Å². The predicted molar refractivity (Wildman–Crippen MR) is 445 cm³/mol. The van der Waals surface area contributed by atoms with Gasteiger partial charge in [0.15, 0.2) is 12.2 Å². The highest BCUT2D eigenvalue weighted by Crippen LogP contribution is 2.45. The van der Waals surface area contributed by atoms with E-state index in [0.29, 0.717) is 38.5 Å². The average Bonchev–Trinajstić information content (AvgIpc) is 0.892. The van der Waals surface area contributed by atoms with Crippen LogP contribution >= 0.6 is 15.6 Å². The quantitative estimate of drug-likeness (QED) is 0.0169. The standard InChI is InChI=1S/C89H138O17P2/c1-5-9-13-17-21-25-29-33-36-39-41-44-47-51-54-58-62-66-70-74-87(92)100-80-85(106-89(94)76-72-68-64-60-56-52-48-45-42-40-37-34-30-26-22-18-14-10-6-2)82-104-108(97,98)102-78-83(90)77-101-107(95,96)103-81-84(105-88(93)75-71-67-63-59-55-49-32-28-24-20-16-12-8-4)79-99-86(91)73-69-65-61-57-53-50-46-43-38-35-31-27-23-19-15-11-7-3/h9-11,13-16,20-23,25-28,32-38,41-42,44-46,50-52,54,56,62,64,66,68,83-85,90H,5-8,12,17-19,24,29-31,39-40,43,47-49,53,55,57-61,63,65,67,69-82H2,1-4H3,(H,95,96)(H,97,98)/b13-9-,14-10-,15-11-,20-16-,25-21-,26-22-,27-23-,32-28-,36-33-,37-34-,38-35-,44-41-,45-42-,50-46-,54-51-,56-52-,66-62-,68-64-. The normalized spacial score (nSPS) is 15.0. The fourth-order valence-corrected chi connectivity index (χ4v) is 11.1. The van der Waals surface area contributed by atoms with Crippen molar-refractivity contribution in [3.05, 3.63) is 219 Å². The van der Waals surface area contributed by atoms with Crippen LogP contribution in [0.15, 0.2) is 219 Å². The molecule has 17 nitrogen and oxygen atoms in total. The van der Waals surface area contributed by atoms with Crippen LogP contribution in [0.5, 0.6) is 0 Å². The number of carbonyl (C=O) groups excluding carboxylic acids is 4. The van der Waals surface area contributed by atoms with E-state index >= 15 is 0 Å². The van der Waals surface area contributed by atoms with E-state index in [1.165, 1.54) is 0 Å². The highest BCUT2D eigenvalue weighted by molar-refractivity contribution is 7.47. The van der Waals surface area contributed by atoms with E-state index in [9.17, 15) is 43.2 Å². The molecule has 0 aliphatic carbocycles. The Kier molecular flexibility index (Phi) is 73.7. The van der Waals surface area contributed by atoms with E-state index in [0.717, 1.165) is 167 Å². The minimum absolute atomic E-state index is 0.00987. The SMILES string of the molecule is CC/C=C\C/C=C\C/C=C\C/C=C\C/C=C\C/C=C\CCC(=O)OCC(COP(=O)(O)OCC(O)COP(=O)(O)OCC(COC(=O)CCCCCC/C=C\C/C=C\C/C=C\C/C=C\CC)OC(=O)CCCCCCC/C=C\C/C=C\CCC)OC(=O)CC/C=C\C/C=C\C/C=C\C/C=C\C/C=C\C/C=C\CC. The first kappa shape index (κ1) is 101. The van der Waals surface area contributed by atoms with Gasteiger partial charge in [0.25, 0.3) is 0 Å². The number of phosphoric acid groups is 2. The molecule has 0 amide bonds. The average molecular weight is 1540 g/mol. The number of unbranched alkanes of at least 4 members (excludes halogenated alkanes) is 10. The third-order valence-corrected chi connectivity index (χ3v) is 17.3. The van der Waals surface area contributed by atoms with Crippen molar-refractivity contribution in [2.75, 3.05) is 39.6 Å². The minimum atomic E-state index is -5.03. The molecule has 19 heteroatoms. The molecule has 0 aliphatic rings. The number of aliphatic hydroxyl groups excluding tert-OH is 1. The number of allylic oxidation sites excluding steroid dienone is 36. The van der Waals surface area contributed by atoms with Crippen LogP contribution in [0.2, 0.25) is 0 Å². The van der Waals surface area contributed by atoms with Gasteiger partial charge in [-0.2, -0.15) is 0 Å². The third kappa shape index (κ3) is 77.5. The van der Waals surface area contributed by atoms with E-state index in [1.807, 2.05) is 36.5 Å². The van der Waals surface area contributed by atoms with Crippen molar-refractivity contribution in [3.8, 4) is 0 Å². The van der Waals surface area contributed by atoms with E-state index in [1.54, 1.807) is 0 Å². The van der Waals surface area contributed by atoms with Crippen LogP contribution in [0.1, 0.15) is 259 Å². The summed E-state index contributed by atoms with van der Waals surface area (Å²) in [5, 5.41) is 10.6. The number of carbonyl (C=O) groups is 4. The van der Waals surface area contributed by atoms with Gasteiger partial charge in [-0.15, -0.1) is 0 Å². The molecule has 0 spiro atoms. The molecule has 3 N–H and O–H groups in total. The molecule has 0 saturated heterocycles. The fourth-order valence-electron chi connectivity index (χ4n) is 9.48. The highest BCUT2D eigenvalue weighted by atomic mass is 31.2. The summed E-state index contributed by atoms with van der Waals surface area (Å²) in [4.78, 5) is 73.0. The Morgan fingerprint density at radius 1 is 0.269 bits per heavy atom. The lowest BCUT2D eigenvalue weighted by molar-refractivity contribution is -0.161. The smallest absolute Gasteiger partial charge is 0.462 e. The summed E-state index contributed by atoms with van der Waals surface area (Å²) in [5.74, 6) is -2.44. The van der Waals surface area contributed by atoms with Crippen LogP contribution in [0.25, 0.3) is 0 Å². The first-order chi connectivity index (χ1) is 52.7. The zero-order valence-electron chi connectivity index (χ0n) is 66.2. The number of esters is 4. The molecule has 606 valence electrons. The van der Waals surface area contributed by atoms with E-state index in [-0.39, 0.29) is 25.7 Å². The van der Waals surface area contributed by atoms with Crippen molar-refractivity contribution in [3.63, 3.8) is 0 Å². The van der Waals surface area contributed by atoms with Crippen LogP contribution in [0.3, 0.4) is 0 Å². The summed E-state index contributed by atoms with van der Waals surface area (Å²) >= 11 is 0. The Balaban J connectivity index is 5.56. The molecule has 0 bridgehead atoms. The van der Waals surface area contributed by atoms with Crippen LogP contribution < -0.4 is 0 Å². The Morgan fingerprint density at radius 2 is 0.500 bits per heavy atom. The Labute approximate surface area is 651 Å². The second-order valence-corrected chi connectivity index (χ2v) is 28.4. The lowest BCUT2D eigenvalue weighted by Crippen LogP contribution is -2.30. The molecule has 0 heterocycles. The van der Waals surface area contributed by atoms with Crippen LogP contribution in [-0.4, -0.2) is 96.7 Å². The molecule has 0 aliphatic heterocycles. The van der Waals surface area contributed by atoms with Crippen LogP contribution in [0.4, 0.5) is 0 Å². The number of phosphoric ester groups is 2. The van der Waals surface area contributed by atoms with Gasteiger partial charge < -0.3 is 33.8 Å². The van der Waals surface area contributed by atoms with Crippen molar-refractivity contribution in [1.29, 1.82) is 0 Å². The van der Waals surface area contributed by atoms with Crippen LogP contribution in [-0.2, 0) is 65.4 Å². The Bertz CT molecular complexity index is 2910. The van der Waals surface area contributed by atoms with Crippen molar-refractivity contribution in [2.24, 2.45) is 0 Å². The van der Waals surface area contributed by atoms with Crippen molar-refractivity contribution in [1.82, 2.24) is 0 Å². The topological polar surface area (TPSA) is 237 Å². The maximum atomic E-state index is 13.1. The molecule has 0 aromatic heterocycles. The molecular weight excluding hydrogens is 1400 g/mol. The maximum absolute atomic E-state index is 13.1. The summed E-state index contributed by atoms with van der Waals surface area (Å²) in [5.41, 5.74) is 0. The molecule has 0 radical (unpaired) electrons. The minimum Gasteiger partial charge on any atom is -0.462 e. The van der Waals surface area contributed by atoms with E-state index in [4.69, 9.17) is 37.0 Å². The number of hydrogen-bond acceptors (Lipinski definition) is 15. The molecule has 108 heavy (non-hydrogen) atoms. The zero-order chi connectivity index (χ0) is 78.9. The highest BCUT2D eigenvalue weighted by Gasteiger charge is 2.30. The van der Waals surface area contributed by atoms with Gasteiger partial charge >= 0.3 is 39.5 Å². The molecule has 5 unspecified atom stereocenters. The summed E-state index contributed by atoms with van der Waals surface area (Å²) in [6.07, 6.45) is 99.5. The van der Waals surface area contributed by atoms with Gasteiger partial charge in [-0.25, -0.2) is 9.13 Å². The second kappa shape index (κ2) is 78.5. The molecule has 0 aromatic carbocycles. The number of ether oxygens (including phenoxy) is 4. The van der Waals surface area contributed by atoms with E-state index < -0.39 is 97.5 Å². The lowest BCUT2D eigenvalue weighted by Gasteiger charge is -2.21. The first-order valence-electron chi connectivity index (χ1n) is 40.0. The van der Waals surface area contributed by atoms with Crippen molar-refractivity contribution >= 4 is 39.5 Å². The molecule has 0 fully saturated rings. The lowest BCUT2D eigenvalue weighted by atomic mass is 10.1. The molecular formula is C89H138O17P2. The number of aliphatic hydroxyl groups is 1. The molecule has 0 aromatic rings. The molecule has 0 rings (SSSR count). The van der Waals surface area contributed by atoms with Crippen molar-refractivity contribution < 1.29 is 80.2 Å². The summed E-state index contributed by atoms with van der Waals surface area (Å²) in [7, 11) is -10.0. The second-order valence-electron chi connectivity index (χ2n) is 25.5. The number of rotatable bonds is 72. The summed E-state index contributed by atoms with van der Waals surface area (Å²) in [6.45, 7) is 4.21. The Morgan fingerprint density at radius 3 is 0.815 bits per heavy atom. The summed E-state index contributed by atoms with van der Waals surface area (Å²) < 4.78 is 68.4. The monoisotopic (exact) mass is 1540 g/mol. The first-order valence-corrected chi connectivity index (χ1v) is 43.0. The van der Waals surface area contributed by atoms with Gasteiger partial charge in [-0.3, -0.25) is 37.3 Å². The van der Waals surface area contributed by atoms with Gasteiger partial charge in [-0.1, -0.05) is 285 Å². The Hall–Kier alpha value is -6.62. The van der Waals surface area contributed by atoms with E-state index in [2.05, 4.69) is 210 Å². The largest absolute Gasteiger partial charge is 0.472 e. The van der Waals surface area contributed by atoms with Gasteiger partial charge in [0, 0.05) is 25.7 Å². The molecule has 0 saturated carbocycles. The predicted octanol–water partition coefficient (Wildman–Crippen LogP) is 23.7. The number of hydrogen-bond donors (Lipinski definition) is 3. The molecule has 5 atom stereocenters. The van der Waals surface area contributed by atoms with Gasteiger partial charge in [0.1, 0.15) is 19.3 Å². The summed E-state index contributed by atoms with van der Waals surface area (Å²) in [6, 6.07) is 0. The van der Waals surface area contributed by atoms with Gasteiger partial charge in [0.05, 0.1) is 26.4 Å². The maximum Gasteiger partial charge on any atom is 0.472 e. The van der Waals surface area contributed by atoms with Crippen molar-refractivity contribution in [2.45, 2.75) is 277 Å². The van der Waals surface area contributed by atoms with Gasteiger partial charge in [-0.05, 0) is 167 Å². The fraction of sp³-hybridized carbons (Fsp3) is 0.551.